The molecule has 6 amide bonds. The Morgan fingerprint density at radius 1 is 0.652 bits per heavy atom. The summed E-state index contributed by atoms with van der Waals surface area (Å²) in [6.07, 6.45) is 16.2. The Labute approximate surface area is 442 Å². The summed E-state index contributed by atoms with van der Waals surface area (Å²) in [7, 11) is -8.86. The smallest absolute Gasteiger partial charge is 1.00 e. The fourth-order valence-corrected chi connectivity index (χ4v) is 9.96. The first-order valence-electron chi connectivity index (χ1n) is 22.2. The van der Waals surface area contributed by atoms with Gasteiger partial charge in [-0.25, -0.2) is 16.8 Å². The van der Waals surface area contributed by atoms with Crippen molar-refractivity contribution in [2.45, 2.75) is 161 Å². The monoisotopic (exact) mass is 990 g/mol. The average molecular weight is 991 g/mol. The van der Waals surface area contributed by atoms with Gasteiger partial charge in [-0.2, -0.15) is 0 Å². The molecule has 0 spiro atoms. The summed E-state index contributed by atoms with van der Waals surface area (Å²) < 4.78 is 65.0. The molecule has 0 aromatic carbocycles. The van der Waals surface area contributed by atoms with Gasteiger partial charge in [0.25, 0.3) is 0 Å². The molecular weight excluding hydrogens is 915 g/mol. The number of nitrogens with zero attached hydrogens (tertiary/aromatic N) is 4. The minimum atomic E-state index is -4.52. The van der Waals surface area contributed by atoms with Crippen molar-refractivity contribution in [2.24, 2.45) is 5.92 Å². The van der Waals surface area contributed by atoms with Crippen LogP contribution in [-0.2, 0) is 49.0 Å². The number of nitrogens with one attached hydrogen (secondary N) is 2. The number of carbonyl (C=O) groups is 6. The van der Waals surface area contributed by atoms with E-state index < -0.39 is 54.6 Å². The van der Waals surface area contributed by atoms with Crippen LogP contribution in [0.2, 0.25) is 0 Å². The Balaban J connectivity index is -0.000000479. The van der Waals surface area contributed by atoms with Crippen molar-refractivity contribution in [3.8, 4) is 0 Å². The minimum Gasteiger partial charge on any atom is -1.00 e. The normalized spacial score (nSPS) is 18.4. The molecular formula is C44H76N6Na2O12S2-2. The molecule has 2 N–H and O–H groups in total. The molecule has 3 atom stereocenters. The topological polar surface area (TPSA) is 254 Å². The summed E-state index contributed by atoms with van der Waals surface area (Å²) in [4.78, 5) is 77.9. The molecule has 0 radical (unpaired) electrons. The first-order chi connectivity index (χ1) is 29.7. The van der Waals surface area contributed by atoms with Crippen LogP contribution in [0.5, 0.6) is 0 Å². The predicted molar refractivity (Wildman–Crippen MR) is 245 cm³/mol. The van der Waals surface area contributed by atoms with Crippen LogP contribution in [0.25, 0.3) is 0 Å². The molecule has 4 rings (SSSR count). The zero-order valence-electron chi connectivity index (χ0n) is 42.9. The van der Waals surface area contributed by atoms with E-state index in [1.54, 1.807) is 27.1 Å². The fourth-order valence-electron chi connectivity index (χ4n) is 8.05. The molecule has 0 bridgehead atoms. The SMILES string of the molecule is C=CC(=O)NC(C)(C)CS(=O)(=O)[O-].C=CN1CCCC1=O.C=CN1CCCCCC1=O.CCC(CC(CC(C)N1CCCC1=O)C(=O)NC(C)(C)CS(=O)(=O)[O-])N1CCCCCC1=O.[H-].[H-].[Na+].[Na+]. The zero-order valence-corrected chi connectivity index (χ0v) is 46.6. The van der Waals surface area contributed by atoms with Gasteiger partial charge >= 0.3 is 59.1 Å². The van der Waals surface area contributed by atoms with Crippen molar-refractivity contribution < 1.29 is 117 Å². The van der Waals surface area contributed by atoms with Crippen LogP contribution < -0.4 is 69.7 Å². The van der Waals surface area contributed by atoms with Gasteiger partial charge in [-0.1, -0.05) is 39.5 Å². The molecule has 4 heterocycles. The molecule has 18 nitrogen and oxygen atoms in total. The summed E-state index contributed by atoms with van der Waals surface area (Å²) in [6.45, 7) is 23.2. The van der Waals surface area contributed by atoms with Crippen molar-refractivity contribution in [3.63, 3.8) is 0 Å². The Kier molecular flexibility index (Phi) is 31.9. The summed E-state index contributed by atoms with van der Waals surface area (Å²) in [5.41, 5.74) is -2.28. The molecule has 4 saturated heterocycles. The molecule has 0 aliphatic carbocycles. The van der Waals surface area contributed by atoms with E-state index in [9.17, 15) is 54.7 Å². The van der Waals surface area contributed by atoms with Crippen LogP contribution in [0, 0.1) is 5.92 Å². The second-order valence-electron chi connectivity index (χ2n) is 18.0. The Bertz CT molecular complexity index is 1860. The maximum absolute atomic E-state index is 13.3. The third-order valence-corrected chi connectivity index (χ3v) is 13.2. The number of hydrogen-bond acceptors (Lipinski definition) is 12. The van der Waals surface area contributed by atoms with E-state index >= 15 is 0 Å². The van der Waals surface area contributed by atoms with Crippen LogP contribution in [0.1, 0.15) is 141 Å². The summed E-state index contributed by atoms with van der Waals surface area (Å²) >= 11 is 0. The average Bonchev–Trinajstić information content (AvgIpc) is 3.66. The number of amides is 6. The molecule has 0 aromatic heterocycles. The summed E-state index contributed by atoms with van der Waals surface area (Å²) in [6, 6.07) is -0.265. The van der Waals surface area contributed by atoms with Gasteiger partial charge in [0.2, 0.25) is 35.4 Å². The van der Waals surface area contributed by atoms with E-state index in [0.717, 1.165) is 64.1 Å². The molecule has 4 aliphatic rings. The second-order valence-corrected chi connectivity index (χ2v) is 20.8. The van der Waals surface area contributed by atoms with Crippen LogP contribution in [-0.4, -0.2) is 142 Å². The van der Waals surface area contributed by atoms with Crippen molar-refractivity contribution >= 4 is 55.7 Å². The first-order valence-corrected chi connectivity index (χ1v) is 25.4. The van der Waals surface area contributed by atoms with Gasteiger partial charge in [-0.3, -0.25) is 28.8 Å². The number of carbonyl (C=O) groups excluding carboxylic acids is 6. The molecule has 4 fully saturated rings. The molecule has 370 valence electrons. The van der Waals surface area contributed by atoms with Crippen molar-refractivity contribution in [1.82, 2.24) is 30.2 Å². The maximum atomic E-state index is 13.3. The summed E-state index contributed by atoms with van der Waals surface area (Å²) in [5.74, 6) is -2.10. The number of likely N-dealkylation sites (tertiary alicyclic amines) is 4. The molecule has 3 unspecified atom stereocenters. The van der Waals surface area contributed by atoms with Crippen LogP contribution in [0.3, 0.4) is 0 Å². The number of rotatable bonds is 17. The predicted octanol–water partition coefficient (Wildman–Crippen LogP) is -1.85. The van der Waals surface area contributed by atoms with Crippen molar-refractivity contribution in [1.29, 1.82) is 0 Å². The van der Waals surface area contributed by atoms with Crippen LogP contribution in [0.15, 0.2) is 38.2 Å². The Morgan fingerprint density at radius 2 is 1.06 bits per heavy atom. The third-order valence-electron chi connectivity index (χ3n) is 11.1. The molecule has 22 heteroatoms. The number of hydrogen-bond donors (Lipinski definition) is 2. The molecule has 0 saturated carbocycles. The molecule has 4 aliphatic heterocycles. The van der Waals surface area contributed by atoms with E-state index in [1.165, 1.54) is 34.1 Å². The maximum Gasteiger partial charge on any atom is 1.00 e. The zero-order chi connectivity index (χ0) is 48.9. The van der Waals surface area contributed by atoms with Crippen LogP contribution in [0.4, 0.5) is 0 Å². The second kappa shape index (κ2) is 31.9. The van der Waals surface area contributed by atoms with E-state index in [-0.39, 0.29) is 104 Å². The van der Waals surface area contributed by atoms with E-state index in [1.807, 2.05) is 18.7 Å². The van der Waals surface area contributed by atoms with Crippen molar-refractivity contribution in [2.75, 3.05) is 37.7 Å². The van der Waals surface area contributed by atoms with E-state index in [0.29, 0.717) is 58.0 Å². The quantitative estimate of drug-likeness (QED) is 0.0926. The Hall–Kier alpha value is -2.14. The third kappa shape index (κ3) is 27.2. The molecule has 66 heavy (non-hydrogen) atoms. The van der Waals surface area contributed by atoms with Crippen LogP contribution >= 0.6 is 0 Å². The van der Waals surface area contributed by atoms with Gasteiger partial charge < -0.3 is 42.2 Å². The van der Waals surface area contributed by atoms with Gasteiger partial charge in [0, 0.05) is 80.9 Å². The van der Waals surface area contributed by atoms with Gasteiger partial charge in [0.1, 0.15) is 0 Å². The Morgan fingerprint density at radius 3 is 1.48 bits per heavy atom. The van der Waals surface area contributed by atoms with E-state index in [2.05, 4.69) is 30.4 Å². The summed E-state index contributed by atoms with van der Waals surface area (Å²) in [5, 5.41) is 5.08. The minimum absolute atomic E-state index is 0. The first kappa shape index (κ1) is 65.9. The molecule has 0 aromatic rings. The largest absolute Gasteiger partial charge is 1.00 e. The van der Waals surface area contributed by atoms with Crippen molar-refractivity contribution in [3.05, 3.63) is 38.2 Å². The van der Waals surface area contributed by atoms with E-state index in [4.69, 9.17) is 0 Å². The fraction of sp³-hybridized carbons (Fsp3) is 0.727. The van der Waals surface area contributed by atoms with Gasteiger partial charge in [0.05, 0.1) is 31.7 Å². The standard InChI is InChI=1S/C23H41N3O6S.C8H13NO.C7H13NO4S.C6H9NO.2Na.2H/c1-5-19(26-12-8-6-7-10-21(26)28)15-18(14-17(2)25-13-9-11-20(25)27)22(29)24-23(3,4)16-33(30,31)32;1-2-9-7-5-3-4-6-8(9)10;1-4-6(9)8-7(2,3)5-13(10,11)12;1-2-7-5-3-4-6(7)8;;;;/h17-19H,5-16H2,1-4H3,(H,24,29)(H,30,31,32);2H,1,3-7H2;4H,1,5H2,2-3H3,(H,8,9)(H,10,11,12);2H,1,3-5H2;;;;/q;;;;2*+1;2*-1/p-2. The van der Waals surface area contributed by atoms with Gasteiger partial charge in [-0.15, -0.1) is 0 Å². The van der Waals surface area contributed by atoms with Gasteiger partial charge in [-0.05, 0) is 111 Å². The van der Waals surface area contributed by atoms with Gasteiger partial charge in [0.15, 0.2) is 0 Å².